The Kier molecular flexibility index (Phi) is 4.74. The maximum absolute atomic E-state index is 9.96. The summed E-state index contributed by atoms with van der Waals surface area (Å²) in [5.74, 6) is 0.933. The van der Waals surface area contributed by atoms with Gasteiger partial charge >= 0.3 is 0 Å². The van der Waals surface area contributed by atoms with Crippen molar-refractivity contribution in [3.63, 3.8) is 0 Å². The van der Waals surface area contributed by atoms with Crippen molar-refractivity contribution in [3.8, 4) is 11.5 Å². The zero-order valence-electron chi connectivity index (χ0n) is 11.2. The van der Waals surface area contributed by atoms with E-state index in [2.05, 4.69) is 4.99 Å². The smallest absolute Gasteiger partial charge is 0.118 e. The molecular weight excluding hydrogens is 254 g/mol. The van der Waals surface area contributed by atoms with Gasteiger partial charge in [0, 0.05) is 6.21 Å². The second-order valence-corrected chi connectivity index (χ2v) is 4.38. The van der Waals surface area contributed by atoms with Crippen LogP contribution in [-0.2, 0) is 0 Å². The van der Waals surface area contributed by atoms with Crippen LogP contribution in [0.15, 0.2) is 53.5 Å². The van der Waals surface area contributed by atoms with Gasteiger partial charge in [0.15, 0.2) is 0 Å². The normalized spacial score (nSPS) is 12.5. The number of aliphatic hydroxyl groups is 1. The van der Waals surface area contributed by atoms with Crippen molar-refractivity contribution in [1.82, 2.24) is 0 Å². The summed E-state index contributed by atoms with van der Waals surface area (Å²) in [4.78, 5) is 4.21. The van der Waals surface area contributed by atoms with E-state index in [0.717, 1.165) is 11.3 Å². The fourth-order valence-corrected chi connectivity index (χ4v) is 1.79. The van der Waals surface area contributed by atoms with Crippen molar-refractivity contribution in [2.75, 3.05) is 13.7 Å². The number of aliphatic imine (C=N–C) groups is 1. The summed E-state index contributed by atoms with van der Waals surface area (Å²) in [5, 5.41) is 19.3. The van der Waals surface area contributed by atoms with Crippen LogP contribution < -0.4 is 4.74 Å². The van der Waals surface area contributed by atoms with E-state index in [-0.39, 0.29) is 12.3 Å². The predicted octanol–water partition coefficient (Wildman–Crippen LogP) is 2.55. The van der Waals surface area contributed by atoms with E-state index in [1.54, 1.807) is 31.5 Å². The molecule has 0 fully saturated rings. The van der Waals surface area contributed by atoms with Gasteiger partial charge in [0.2, 0.25) is 0 Å². The molecule has 0 saturated heterocycles. The lowest BCUT2D eigenvalue weighted by Gasteiger charge is -2.08. The fourth-order valence-electron chi connectivity index (χ4n) is 1.79. The average molecular weight is 271 g/mol. The third-order valence-corrected chi connectivity index (χ3v) is 2.89. The van der Waals surface area contributed by atoms with Gasteiger partial charge in [0.25, 0.3) is 0 Å². The second-order valence-electron chi connectivity index (χ2n) is 4.38. The molecule has 1 unspecified atom stereocenters. The molecule has 2 rings (SSSR count). The van der Waals surface area contributed by atoms with E-state index in [4.69, 9.17) is 4.74 Å². The third kappa shape index (κ3) is 3.83. The molecule has 1 atom stereocenters. The highest BCUT2D eigenvalue weighted by atomic mass is 16.5. The lowest BCUT2D eigenvalue weighted by molar-refractivity contribution is 0.187. The number of aliphatic hydroxyl groups excluding tert-OH is 1. The second kappa shape index (κ2) is 6.73. The summed E-state index contributed by atoms with van der Waals surface area (Å²) < 4.78 is 5.07. The van der Waals surface area contributed by atoms with E-state index in [9.17, 15) is 10.2 Å². The van der Waals surface area contributed by atoms with E-state index in [1.165, 1.54) is 6.07 Å². The van der Waals surface area contributed by atoms with Gasteiger partial charge < -0.3 is 14.9 Å². The van der Waals surface area contributed by atoms with E-state index in [0.29, 0.717) is 5.56 Å². The fraction of sp³-hybridized carbons (Fsp3) is 0.188. The Morgan fingerprint density at radius 2 is 1.95 bits per heavy atom. The van der Waals surface area contributed by atoms with Crippen LogP contribution in [0.2, 0.25) is 0 Å². The molecule has 0 saturated carbocycles. The van der Waals surface area contributed by atoms with E-state index < -0.39 is 6.10 Å². The van der Waals surface area contributed by atoms with Crippen LogP contribution in [0.25, 0.3) is 0 Å². The minimum absolute atomic E-state index is 0.140. The largest absolute Gasteiger partial charge is 0.508 e. The lowest BCUT2D eigenvalue weighted by Crippen LogP contribution is -2.01. The predicted molar refractivity (Wildman–Crippen MR) is 78.5 cm³/mol. The molecule has 2 aromatic rings. The quantitative estimate of drug-likeness (QED) is 0.821. The van der Waals surface area contributed by atoms with Gasteiger partial charge in [-0.15, -0.1) is 0 Å². The summed E-state index contributed by atoms with van der Waals surface area (Å²) in [6.45, 7) is 0.246. The van der Waals surface area contributed by atoms with Crippen molar-refractivity contribution in [2.24, 2.45) is 4.99 Å². The highest BCUT2D eigenvalue weighted by Gasteiger charge is 2.06. The minimum atomic E-state index is -0.725. The first-order valence-corrected chi connectivity index (χ1v) is 6.30. The maximum Gasteiger partial charge on any atom is 0.118 e. The third-order valence-electron chi connectivity index (χ3n) is 2.89. The Hall–Kier alpha value is -2.33. The molecule has 0 heterocycles. The molecule has 0 aliphatic heterocycles. The number of nitrogens with zero attached hydrogens (tertiary/aromatic N) is 1. The first-order chi connectivity index (χ1) is 9.69. The average Bonchev–Trinajstić information content (AvgIpc) is 2.48. The number of rotatable bonds is 5. The first-order valence-electron chi connectivity index (χ1n) is 6.30. The zero-order chi connectivity index (χ0) is 14.4. The SMILES string of the molecule is COc1ccc(C=NCC(O)c2cccc(O)c2)cc1. The Balaban J connectivity index is 1.95. The number of ether oxygens (including phenoxy) is 1. The van der Waals surface area contributed by atoms with Crippen molar-refractivity contribution in [1.29, 1.82) is 0 Å². The molecule has 0 spiro atoms. The van der Waals surface area contributed by atoms with Crippen LogP contribution in [0.1, 0.15) is 17.2 Å². The Bertz CT molecular complexity index is 579. The van der Waals surface area contributed by atoms with Crippen molar-refractivity contribution < 1.29 is 14.9 Å². The molecule has 0 amide bonds. The molecule has 0 aromatic heterocycles. The molecule has 0 aliphatic carbocycles. The number of benzene rings is 2. The van der Waals surface area contributed by atoms with Crippen LogP contribution >= 0.6 is 0 Å². The molecular formula is C16H17NO3. The van der Waals surface area contributed by atoms with Crippen LogP contribution in [0, 0.1) is 0 Å². The monoisotopic (exact) mass is 271 g/mol. The highest BCUT2D eigenvalue weighted by Crippen LogP contribution is 2.18. The molecule has 0 radical (unpaired) electrons. The number of methoxy groups -OCH3 is 1. The summed E-state index contributed by atoms with van der Waals surface area (Å²) in [6, 6.07) is 14.0. The lowest BCUT2D eigenvalue weighted by atomic mass is 10.1. The van der Waals surface area contributed by atoms with Crippen LogP contribution in [0.3, 0.4) is 0 Å². The minimum Gasteiger partial charge on any atom is -0.508 e. The van der Waals surface area contributed by atoms with Crippen molar-refractivity contribution in [2.45, 2.75) is 6.10 Å². The van der Waals surface area contributed by atoms with Gasteiger partial charge in [-0.3, -0.25) is 4.99 Å². The Morgan fingerprint density at radius 1 is 1.20 bits per heavy atom. The maximum atomic E-state index is 9.96. The van der Waals surface area contributed by atoms with Crippen LogP contribution in [0.5, 0.6) is 11.5 Å². The molecule has 2 N–H and O–H groups in total. The van der Waals surface area contributed by atoms with Gasteiger partial charge in [-0.25, -0.2) is 0 Å². The summed E-state index contributed by atoms with van der Waals surface area (Å²) >= 11 is 0. The zero-order valence-corrected chi connectivity index (χ0v) is 11.2. The topological polar surface area (TPSA) is 62.0 Å². The molecule has 104 valence electrons. The summed E-state index contributed by atoms with van der Waals surface area (Å²) in [6.07, 6.45) is 0.974. The Morgan fingerprint density at radius 3 is 2.60 bits per heavy atom. The van der Waals surface area contributed by atoms with E-state index in [1.807, 2.05) is 24.3 Å². The number of hydrogen-bond acceptors (Lipinski definition) is 4. The van der Waals surface area contributed by atoms with Gasteiger partial charge in [-0.2, -0.15) is 0 Å². The molecule has 2 aromatic carbocycles. The van der Waals surface area contributed by atoms with Crippen LogP contribution in [0.4, 0.5) is 0 Å². The molecule has 0 aliphatic rings. The number of aromatic hydroxyl groups is 1. The number of hydrogen-bond donors (Lipinski definition) is 2. The Labute approximate surface area is 118 Å². The van der Waals surface area contributed by atoms with Gasteiger partial charge in [-0.05, 0) is 47.5 Å². The van der Waals surface area contributed by atoms with Gasteiger partial charge in [0.05, 0.1) is 19.8 Å². The standard InChI is InChI=1S/C16H17NO3/c1-20-15-7-5-12(6-8-15)10-17-11-16(19)13-3-2-4-14(18)9-13/h2-10,16,18-19H,11H2,1H3. The van der Waals surface area contributed by atoms with Crippen molar-refractivity contribution >= 4 is 6.21 Å². The molecule has 20 heavy (non-hydrogen) atoms. The highest BCUT2D eigenvalue weighted by molar-refractivity contribution is 5.79. The molecule has 0 bridgehead atoms. The molecule has 4 nitrogen and oxygen atoms in total. The summed E-state index contributed by atoms with van der Waals surface area (Å²) in [7, 11) is 1.62. The van der Waals surface area contributed by atoms with Gasteiger partial charge in [0.1, 0.15) is 11.5 Å². The van der Waals surface area contributed by atoms with Gasteiger partial charge in [-0.1, -0.05) is 12.1 Å². The number of phenolic OH excluding ortho intramolecular Hbond substituents is 1. The number of phenols is 1. The van der Waals surface area contributed by atoms with Crippen molar-refractivity contribution in [3.05, 3.63) is 59.7 Å². The van der Waals surface area contributed by atoms with E-state index >= 15 is 0 Å². The summed E-state index contributed by atoms with van der Waals surface area (Å²) in [5.41, 5.74) is 1.59. The molecule has 4 heteroatoms. The first kappa shape index (κ1) is 14.1. The van der Waals surface area contributed by atoms with Crippen LogP contribution in [-0.4, -0.2) is 30.1 Å².